The summed E-state index contributed by atoms with van der Waals surface area (Å²) in [5.74, 6) is 0. The second kappa shape index (κ2) is 6.30. The summed E-state index contributed by atoms with van der Waals surface area (Å²) < 4.78 is 7.84. The Balaban J connectivity index is 1.52. The fraction of sp³-hybridized carbons (Fsp3) is 0.278. The van der Waals surface area contributed by atoms with E-state index in [4.69, 9.17) is 4.74 Å². The van der Waals surface area contributed by atoms with Crippen molar-refractivity contribution in [3.8, 4) is 0 Å². The molecular weight excluding hydrogens is 322 g/mol. The number of amides is 2. The number of morpholine rings is 1. The number of carbonyl (C=O) groups is 1. The molecule has 1 aliphatic rings. The van der Waals surface area contributed by atoms with Crippen LogP contribution in [0.15, 0.2) is 48.0 Å². The highest BCUT2D eigenvalue weighted by molar-refractivity contribution is 7.10. The van der Waals surface area contributed by atoms with Crippen molar-refractivity contribution in [3.63, 3.8) is 0 Å². The molecule has 1 aromatic carbocycles. The number of hydrogen-bond donors (Lipinski definition) is 1. The van der Waals surface area contributed by atoms with Crippen LogP contribution in [0.3, 0.4) is 0 Å². The number of urea groups is 1. The van der Waals surface area contributed by atoms with Gasteiger partial charge in [-0.05, 0) is 23.6 Å². The highest BCUT2D eigenvalue weighted by Gasteiger charge is 2.26. The molecule has 3 heterocycles. The van der Waals surface area contributed by atoms with Gasteiger partial charge in [0.15, 0.2) is 0 Å². The van der Waals surface area contributed by atoms with E-state index >= 15 is 0 Å². The lowest BCUT2D eigenvalue weighted by atomic mass is 10.2. The number of nitrogens with zero attached hydrogens (tertiary/aromatic N) is 2. The minimum Gasteiger partial charge on any atom is -0.369 e. The fourth-order valence-corrected chi connectivity index (χ4v) is 3.90. The first kappa shape index (κ1) is 15.2. The molecule has 3 aromatic rings. The Hall–Kier alpha value is -2.31. The zero-order valence-electron chi connectivity index (χ0n) is 13.4. The second-order valence-corrected chi connectivity index (χ2v) is 6.90. The van der Waals surface area contributed by atoms with E-state index in [0.717, 1.165) is 21.5 Å². The molecule has 0 saturated carbocycles. The third-order valence-corrected chi connectivity index (χ3v) is 5.32. The fourth-order valence-electron chi connectivity index (χ4n) is 3.13. The number of fused-ring (bicyclic) bond motifs is 1. The molecule has 0 radical (unpaired) electrons. The van der Waals surface area contributed by atoms with E-state index < -0.39 is 0 Å². The van der Waals surface area contributed by atoms with Gasteiger partial charge in [-0.1, -0.05) is 18.2 Å². The molecule has 4 rings (SSSR count). The molecule has 124 valence electrons. The van der Waals surface area contributed by atoms with Crippen LogP contribution in [-0.2, 0) is 11.8 Å². The lowest BCUT2D eigenvalue weighted by Gasteiger charge is -2.32. The Kier molecular flexibility index (Phi) is 4.00. The van der Waals surface area contributed by atoms with Gasteiger partial charge in [0.25, 0.3) is 0 Å². The highest BCUT2D eigenvalue weighted by atomic mass is 32.1. The third-order valence-electron chi connectivity index (χ3n) is 4.35. The van der Waals surface area contributed by atoms with Crippen LogP contribution in [0.25, 0.3) is 10.9 Å². The molecule has 1 saturated heterocycles. The van der Waals surface area contributed by atoms with E-state index in [1.165, 1.54) is 0 Å². The number of nitrogens with one attached hydrogen (secondary N) is 1. The number of para-hydroxylation sites is 1. The molecule has 0 unspecified atom stereocenters. The van der Waals surface area contributed by atoms with Crippen LogP contribution in [0.2, 0.25) is 0 Å². The second-order valence-electron chi connectivity index (χ2n) is 5.92. The standard InChI is InChI=1S/C18H19N3O2S/c1-20-8-7-13-4-2-5-14(17(13)20)19-18(22)21-9-10-23-15(12-21)16-6-3-11-24-16/h2-8,11,15H,9-10,12H2,1H3,(H,19,22)/t15-/m1/s1. The van der Waals surface area contributed by atoms with Gasteiger partial charge in [0.1, 0.15) is 6.10 Å². The largest absolute Gasteiger partial charge is 0.369 e. The maximum atomic E-state index is 12.7. The number of thiophene rings is 1. The summed E-state index contributed by atoms with van der Waals surface area (Å²) in [5, 5.41) is 6.22. The van der Waals surface area contributed by atoms with Crippen LogP contribution in [0.4, 0.5) is 10.5 Å². The van der Waals surface area contributed by atoms with E-state index in [0.29, 0.717) is 19.7 Å². The van der Waals surface area contributed by atoms with Gasteiger partial charge in [-0.2, -0.15) is 0 Å². The van der Waals surface area contributed by atoms with Gasteiger partial charge in [-0.15, -0.1) is 11.3 Å². The quantitative estimate of drug-likeness (QED) is 0.770. The SMILES string of the molecule is Cn1ccc2cccc(NC(=O)N3CCO[C@@H](c4cccs4)C3)c21. The van der Waals surface area contributed by atoms with Gasteiger partial charge in [0.2, 0.25) is 0 Å². The molecule has 1 aliphatic heterocycles. The summed E-state index contributed by atoms with van der Waals surface area (Å²) in [6, 6.07) is 12.0. The van der Waals surface area contributed by atoms with Crippen LogP contribution in [0, 0.1) is 0 Å². The smallest absolute Gasteiger partial charge is 0.322 e. The Labute approximate surface area is 144 Å². The van der Waals surface area contributed by atoms with E-state index in [9.17, 15) is 4.79 Å². The van der Waals surface area contributed by atoms with Gasteiger partial charge in [0.05, 0.1) is 24.4 Å². The summed E-state index contributed by atoms with van der Waals surface area (Å²) >= 11 is 1.67. The molecule has 1 fully saturated rings. The maximum Gasteiger partial charge on any atom is 0.322 e. The molecule has 1 N–H and O–H groups in total. The Bertz CT molecular complexity index is 856. The molecule has 2 amide bonds. The first-order valence-electron chi connectivity index (χ1n) is 7.97. The number of aryl methyl sites for hydroxylation is 1. The van der Waals surface area contributed by atoms with Crippen LogP contribution in [0.5, 0.6) is 0 Å². The number of rotatable bonds is 2. The van der Waals surface area contributed by atoms with Crippen molar-refractivity contribution < 1.29 is 9.53 Å². The first-order valence-corrected chi connectivity index (χ1v) is 8.85. The van der Waals surface area contributed by atoms with Crippen LogP contribution < -0.4 is 5.32 Å². The number of hydrogen-bond acceptors (Lipinski definition) is 3. The zero-order valence-corrected chi connectivity index (χ0v) is 14.3. The van der Waals surface area contributed by atoms with Gasteiger partial charge < -0.3 is 19.5 Å². The van der Waals surface area contributed by atoms with Crippen LogP contribution >= 0.6 is 11.3 Å². The number of carbonyl (C=O) groups excluding carboxylic acids is 1. The Morgan fingerprint density at radius 1 is 1.29 bits per heavy atom. The van der Waals surface area contributed by atoms with Crippen molar-refractivity contribution in [3.05, 3.63) is 52.9 Å². The highest BCUT2D eigenvalue weighted by Crippen LogP contribution is 2.27. The average Bonchev–Trinajstić information content (AvgIpc) is 3.26. The topological polar surface area (TPSA) is 46.5 Å². The van der Waals surface area contributed by atoms with Crippen LogP contribution in [0.1, 0.15) is 11.0 Å². The minimum absolute atomic E-state index is 0.0321. The van der Waals surface area contributed by atoms with Gasteiger partial charge >= 0.3 is 6.03 Å². The molecule has 0 spiro atoms. The van der Waals surface area contributed by atoms with E-state index in [1.807, 2.05) is 58.4 Å². The molecule has 24 heavy (non-hydrogen) atoms. The third kappa shape index (κ3) is 2.79. The molecule has 0 bridgehead atoms. The lowest BCUT2D eigenvalue weighted by Crippen LogP contribution is -2.44. The van der Waals surface area contributed by atoms with Crippen LogP contribution in [-0.4, -0.2) is 35.2 Å². The maximum absolute atomic E-state index is 12.7. The Morgan fingerprint density at radius 3 is 3.04 bits per heavy atom. The summed E-state index contributed by atoms with van der Waals surface area (Å²) in [4.78, 5) is 15.7. The monoisotopic (exact) mass is 341 g/mol. The van der Waals surface area contributed by atoms with Gasteiger partial charge in [-0.25, -0.2) is 4.79 Å². The predicted octanol–water partition coefficient (Wildman–Crippen LogP) is 3.85. The summed E-state index contributed by atoms with van der Waals surface area (Å²) in [6.45, 7) is 1.75. The molecule has 6 heteroatoms. The average molecular weight is 341 g/mol. The molecular formula is C18H19N3O2S. The number of benzene rings is 1. The van der Waals surface area contributed by atoms with Gasteiger partial charge in [0, 0.05) is 30.1 Å². The number of aromatic nitrogens is 1. The minimum atomic E-state index is -0.0754. The number of ether oxygens (including phenoxy) is 1. The molecule has 2 aromatic heterocycles. The summed E-state index contributed by atoms with van der Waals surface area (Å²) in [7, 11) is 1.99. The molecule has 1 atom stereocenters. The molecule has 0 aliphatic carbocycles. The van der Waals surface area contributed by atoms with Crippen molar-refractivity contribution in [2.45, 2.75) is 6.10 Å². The van der Waals surface area contributed by atoms with E-state index in [1.54, 1.807) is 11.3 Å². The van der Waals surface area contributed by atoms with Crippen molar-refractivity contribution >= 4 is 34.0 Å². The first-order chi connectivity index (χ1) is 11.7. The summed E-state index contributed by atoms with van der Waals surface area (Å²) in [6.07, 6.45) is 1.97. The van der Waals surface area contributed by atoms with Crippen molar-refractivity contribution in [1.29, 1.82) is 0 Å². The van der Waals surface area contributed by atoms with E-state index in [-0.39, 0.29) is 12.1 Å². The van der Waals surface area contributed by atoms with E-state index in [2.05, 4.69) is 11.4 Å². The predicted molar refractivity (Wildman–Crippen MR) is 96.5 cm³/mol. The van der Waals surface area contributed by atoms with Gasteiger partial charge in [-0.3, -0.25) is 0 Å². The molecule has 5 nitrogen and oxygen atoms in total. The normalized spacial score (nSPS) is 18.0. The Morgan fingerprint density at radius 2 is 2.21 bits per heavy atom. The lowest BCUT2D eigenvalue weighted by molar-refractivity contribution is -0.0115. The van der Waals surface area contributed by atoms with Crippen molar-refractivity contribution in [2.75, 3.05) is 25.0 Å². The van der Waals surface area contributed by atoms with Crippen molar-refractivity contribution in [1.82, 2.24) is 9.47 Å². The van der Waals surface area contributed by atoms with Crippen molar-refractivity contribution in [2.24, 2.45) is 7.05 Å². The summed E-state index contributed by atoms with van der Waals surface area (Å²) in [5.41, 5.74) is 1.87. The zero-order chi connectivity index (χ0) is 16.5. The number of anilines is 1.